The maximum absolute atomic E-state index is 12.3. The second-order valence-corrected chi connectivity index (χ2v) is 6.75. The molecule has 2 atom stereocenters. The van der Waals surface area contributed by atoms with Gasteiger partial charge in [-0.25, -0.2) is 4.98 Å². The van der Waals surface area contributed by atoms with Crippen LogP contribution in [-0.4, -0.2) is 25.9 Å². The predicted octanol–water partition coefficient (Wildman–Crippen LogP) is 1.46. The first-order chi connectivity index (χ1) is 8.78. The molecule has 19 heavy (non-hydrogen) atoms. The van der Waals surface area contributed by atoms with Crippen molar-refractivity contribution in [1.29, 1.82) is 0 Å². The first-order valence-electron chi connectivity index (χ1n) is 6.21. The lowest BCUT2D eigenvalue weighted by Crippen LogP contribution is -2.47. The molecular formula is C13H21N3O2S. The average molecular weight is 283 g/mol. The summed E-state index contributed by atoms with van der Waals surface area (Å²) in [5.74, 6) is -0.254. The molecule has 0 spiro atoms. The summed E-state index contributed by atoms with van der Waals surface area (Å²) in [4.78, 5) is 16.1. The van der Waals surface area contributed by atoms with Crippen LogP contribution < -0.4 is 11.1 Å². The highest BCUT2D eigenvalue weighted by atomic mass is 32.2. The minimum atomic E-state index is -1.55. The van der Waals surface area contributed by atoms with Crippen LogP contribution >= 0.6 is 0 Å². The molecule has 1 aromatic heterocycles. The van der Waals surface area contributed by atoms with E-state index in [4.69, 9.17) is 5.73 Å². The summed E-state index contributed by atoms with van der Waals surface area (Å²) < 4.78 is 12.3. The lowest BCUT2D eigenvalue weighted by Gasteiger charge is -2.26. The Balaban J connectivity index is 2.84. The van der Waals surface area contributed by atoms with Crippen LogP contribution in [0.2, 0.25) is 0 Å². The normalized spacial score (nSPS) is 14.7. The second-order valence-electron chi connectivity index (χ2n) is 5.06. The summed E-state index contributed by atoms with van der Waals surface area (Å²) in [5, 5.41) is 2.45. The third-order valence-electron chi connectivity index (χ3n) is 3.03. The Labute approximate surface area is 116 Å². The molecule has 0 bridgehead atoms. The molecule has 1 amide bonds. The van der Waals surface area contributed by atoms with Crippen LogP contribution in [0.1, 0.15) is 34.1 Å². The number of nitrogen functional groups attached to an aromatic ring is 1. The number of hydrogen-bond donors (Lipinski definition) is 2. The maximum atomic E-state index is 12.3. The first-order valence-corrected chi connectivity index (χ1v) is 7.43. The number of pyridine rings is 1. The predicted molar refractivity (Wildman–Crippen MR) is 77.0 cm³/mol. The molecular weight excluding hydrogens is 262 g/mol. The molecule has 2 unspecified atom stereocenters. The van der Waals surface area contributed by atoms with Crippen LogP contribution in [0.15, 0.2) is 23.4 Å². The van der Waals surface area contributed by atoms with Crippen molar-refractivity contribution in [1.82, 2.24) is 10.3 Å². The molecule has 0 aliphatic heterocycles. The number of anilines is 1. The third kappa shape index (κ3) is 4.02. The van der Waals surface area contributed by atoms with Crippen LogP contribution in [0.5, 0.6) is 0 Å². The van der Waals surface area contributed by atoms with Crippen molar-refractivity contribution in [3.63, 3.8) is 0 Å². The van der Waals surface area contributed by atoms with E-state index in [2.05, 4.69) is 10.3 Å². The maximum Gasteiger partial charge on any atom is 0.236 e. The standard InChI is InChI=1S/C13H21N3O2S/c1-5-13(3,4)16-11(17)9(2)19(18)12-10(14)7-6-8-15-12/h6-9H,5,14H2,1-4H3,(H,16,17). The van der Waals surface area contributed by atoms with Gasteiger partial charge in [0.15, 0.2) is 5.03 Å². The number of nitrogens with two attached hydrogens (primary N) is 1. The van der Waals surface area contributed by atoms with E-state index in [1.165, 1.54) is 6.20 Å². The smallest absolute Gasteiger partial charge is 0.236 e. The van der Waals surface area contributed by atoms with E-state index in [0.29, 0.717) is 5.69 Å². The molecule has 6 heteroatoms. The van der Waals surface area contributed by atoms with Gasteiger partial charge in [0, 0.05) is 11.7 Å². The zero-order valence-corrected chi connectivity index (χ0v) is 12.6. The van der Waals surface area contributed by atoms with Crippen molar-refractivity contribution < 1.29 is 9.00 Å². The lowest BCUT2D eigenvalue weighted by molar-refractivity contribution is -0.121. The fourth-order valence-corrected chi connectivity index (χ4v) is 2.41. The summed E-state index contributed by atoms with van der Waals surface area (Å²) in [7, 11) is -1.55. The first kappa shape index (κ1) is 15.6. The highest BCUT2D eigenvalue weighted by Crippen LogP contribution is 2.17. The Bertz CT molecular complexity index is 489. The highest BCUT2D eigenvalue weighted by Gasteiger charge is 2.27. The van der Waals surface area contributed by atoms with Crippen LogP contribution in [-0.2, 0) is 15.6 Å². The summed E-state index contributed by atoms with van der Waals surface area (Å²) >= 11 is 0. The molecule has 0 fully saturated rings. The number of nitrogens with zero attached hydrogens (tertiary/aromatic N) is 1. The Hall–Kier alpha value is -1.43. The Kier molecular flexibility index (Phi) is 5.05. The van der Waals surface area contributed by atoms with E-state index < -0.39 is 16.0 Å². The van der Waals surface area contributed by atoms with Gasteiger partial charge in [-0.1, -0.05) is 6.92 Å². The molecule has 106 valence electrons. The Morgan fingerprint density at radius 3 is 2.74 bits per heavy atom. The zero-order valence-electron chi connectivity index (χ0n) is 11.8. The number of rotatable bonds is 5. The second kappa shape index (κ2) is 6.14. The van der Waals surface area contributed by atoms with E-state index in [-0.39, 0.29) is 16.5 Å². The van der Waals surface area contributed by atoms with Crippen LogP contribution in [0.3, 0.4) is 0 Å². The SMILES string of the molecule is CCC(C)(C)NC(=O)C(C)S(=O)c1ncccc1N. The largest absolute Gasteiger partial charge is 0.396 e. The molecule has 0 radical (unpaired) electrons. The fraction of sp³-hybridized carbons (Fsp3) is 0.538. The van der Waals surface area contributed by atoms with Gasteiger partial charge >= 0.3 is 0 Å². The zero-order chi connectivity index (χ0) is 14.6. The van der Waals surface area contributed by atoms with Gasteiger partial charge in [-0.3, -0.25) is 9.00 Å². The van der Waals surface area contributed by atoms with E-state index in [1.54, 1.807) is 19.1 Å². The molecule has 1 aromatic rings. The minimum Gasteiger partial charge on any atom is -0.396 e. The summed E-state index contributed by atoms with van der Waals surface area (Å²) in [6.07, 6.45) is 2.31. The molecule has 0 saturated heterocycles. The molecule has 0 aromatic carbocycles. The van der Waals surface area contributed by atoms with E-state index in [1.807, 2.05) is 20.8 Å². The molecule has 0 saturated carbocycles. The van der Waals surface area contributed by atoms with E-state index in [0.717, 1.165) is 6.42 Å². The van der Waals surface area contributed by atoms with Crippen molar-refractivity contribution in [3.05, 3.63) is 18.3 Å². The van der Waals surface area contributed by atoms with E-state index in [9.17, 15) is 9.00 Å². The molecule has 0 aliphatic carbocycles. The molecule has 0 aliphatic rings. The van der Waals surface area contributed by atoms with Crippen molar-refractivity contribution in [2.45, 2.75) is 49.9 Å². The van der Waals surface area contributed by atoms with Gasteiger partial charge in [0.1, 0.15) is 5.25 Å². The molecule has 1 rings (SSSR count). The van der Waals surface area contributed by atoms with Gasteiger partial charge in [-0.05, 0) is 39.3 Å². The lowest BCUT2D eigenvalue weighted by atomic mass is 10.0. The van der Waals surface area contributed by atoms with Gasteiger partial charge < -0.3 is 11.1 Å². The number of nitrogens with one attached hydrogen (secondary N) is 1. The molecule has 5 nitrogen and oxygen atoms in total. The highest BCUT2D eigenvalue weighted by molar-refractivity contribution is 7.86. The average Bonchev–Trinajstić information content (AvgIpc) is 2.37. The van der Waals surface area contributed by atoms with Crippen LogP contribution in [0.25, 0.3) is 0 Å². The summed E-state index contributed by atoms with van der Waals surface area (Å²) in [6, 6.07) is 3.29. The monoisotopic (exact) mass is 283 g/mol. The number of carbonyl (C=O) groups excluding carboxylic acids is 1. The Morgan fingerprint density at radius 1 is 1.58 bits per heavy atom. The van der Waals surface area contributed by atoms with Crippen molar-refractivity contribution >= 4 is 22.4 Å². The van der Waals surface area contributed by atoms with Crippen molar-refractivity contribution in [3.8, 4) is 0 Å². The summed E-state index contributed by atoms with van der Waals surface area (Å²) in [5.41, 5.74) is 5.75. The van der Waals surface area contributed by atoms with Gasteiger partial charge in [0.05, 0.1) is 16.5 Å². The minimum absolute atomic E-state index is 0.254. The van der Waals surface area contributed by atoms with Gasteiger partial charge in [-0.15, -0.1) is 0 Å². The fourth-order valence-electron chi connectivity index (χ4n) is 1.36. The third-order valence-corrected chi connectivity index (χ3v) is 4.61. The quantitative estimate of drug-likeness (QED) is 0.857. The van der Waals surface area contributed by atoms with Crippen molar-refractivity contribution in [2.75, 3.05) is 5.73 Å². The number of aromatic nitrogens is 1. The van der Waals surface area contributed by atoms with Crippen LogP contribution in [0, 0.1) is 0 Å². The van der Waals surface area contributed by atoms with Gasteiger partial charge in [0.25, 0.3) is 0 Å². The Morgan fingerprint density at radius 2 is 2.21 bits per heavy atom. The summed E-state index contributed by atoms with van der Waals surface area (Å²) in [6.45, 7) is 7.45. The van der Waals surface area contributed by atoms with Gasteiger partial charge in [0.2, 0.25) is 5.91 Å². The molecule has 1 heterocycles. The van der Waals surface area contributed by atoms with Crippen molar-refractivity contribution in [2.24, 2.45) is 0 Å². The number of carbonyl (C=O) groups is 1. The van der Waals surface area contributed by atoms with E-state index >= 15 is 0 Å². The topological polar surface area (TPSA) is 85.1 Å². The van der Waals surface area contributed by atoms with Gasteiger partial charge in [-0.2, -0.15) is 0 Å². The number of amides is 1. The molecule has 3 N–H and O–H groups in total. The van der Waals surface area contributed by atoms with Crippen LogP contribution in [0.4, 0.5) is 5.69 Å². The number of hydrogen-bond acceptors (Lipinski definition) is 4.